The van der Waals surface area contributed by atoms with Gasteiger partial charge in [0.2, 0.25) is 5.91 Å². The van der Waals surface area contributed by atoms with Crippen LogP contribution in [0.2, 0.25) is 0 Å². The lowest BCUT2D eigenvalue weighted by Gasteiger charge is -2.17. The van der Waals surface area contributed by atoms with Gasteiger partial charge in [0.25, 0.3) is 0 Å². The Bertz CT molecular complexity index is 677. The fourth-order valence-corrected chi connectivity index (χ4v) is 2.88. The van der Waals surface area contributed by atoms with E-state index >= 15 is 0 Å². The minimum absolute atomic E-state index is 0.0311. The maximum absolute atomic E-state index is 12.8. The van der Waals surface area contributed by atoms with E-state index in [0.29, 0.717) is 12.1 Å². The van der Waals surface area contributed by atoms with Gasteiger partial charge in [-0.1, -0.05) is 0 Å². The molecule has 0 aliphatic carbocycles. The molecule has 1 saturated heterocycles. The van der Waals surface area contributed by atoms with E-state index in [1.165, 1.54) is 0 Å². The van der Waals surface area contributed by atoms with Gasteiger partial charge in [-0.15, -0.1) is 0 Å². The van der Waals surface area contributed by atoms with Crippen LogP contribution < -0.4 is 10.6 Å². The number of hydrogen-bond acceptors (Lipinski definition) is 5. The molecule has 158 valence electrons. The Balaban J connectivity index is 2.07. The summed E-state index contributed by atoms with van der Waals surface area (Å²) in [4.78, 5) is 11.9. The average molecular weight is 416 g/mol. The third-order valence-corrected chi connectivity index (χ3v) is 4.33. The molecule has 1 aliphatic heterocycles. The number of carbonyl (C=O) groups excluding carboxylic acids is 1. The van der Waals surface area contributed by atoms with Crippen LogP contribution in [0, 0.1) is 0 Å². The van der Waals surface area contributed by atoms with E-state index < -0.39 is 72.3 Å². The van der Waals surface area contributed by atoms with Gasteiger partial charge in [0.1, 0.15) is 0 Å². The Kier molecular flexibility index (Phi) is 6.58. The molecule has 0 radical (unpaired) electrons. The van der Waals surface area contributed by atoms with Crippen molar-refractivity contribution in [2.45, 2.75) is 43.1 Å². The number of benzene rings is 1. The first-order valence-electron chi connectivity index (χ1n) is 8.11. The van der Waals surface area contributed by atoms with Crippen molar-refractivity contribution in [1.82, 2.24) is 10.6 Å². The molecule has 0 bridgehead atoms. The molecule has 28 heavy (non-hydrogen) atoms. The van der Waals surface area contributed by atoms with Crippen LogP contribution in [0.3, 0.4) is 0 Å². The molecule has 1 fully saturated rings. The Morgan fingerprint density at radius 1 is 0.964 bits per heavy atom. The van der Waals surface area contributed by atoms with Crippen LogP contribution >= 0.6 is 0 Å². The van der Waals surface area contributed by atoms with Crippen molar-refractivity contribution in [2.75, 3.05) is 13.2 Å². The highest BCUT2D eigenvalue weighted by molar-refractivity contribution is 5.78. The average Bonchev–Trinajstić information content (AvgIpc) is 2.86. The highest BCUT2D eigenvalue weighted by atomic mass is 19.4. The second-order valence-electron chi connectivity index (χ2n) is 6.44. The molecule has 0 spiro atoms. The van der Waals surface area contributed by atoms with Crippen LogP contribution in [0.1, 0.15) is 16.7 Å². The van der Waals surface area contributed by atoms with Crippen molar-refractivity contribution in [3.8, 4) is 0 Å². The molecule has 2 rings (SSSR count). The van der Waals surface area contributed by atoms with Crippen molar-refractivity contribution in [2.24, 2.45) is 0 Å². The number of aliphatic hydroxyl groups is 3. The van der Waals surface area contributed by atoms with Crippen LogP contribution in [-0.2, 0) is 23.6 Å². The van der Waals surface area contributed by atoms with Crippen molar-refractivity contribution < 1.29 is 46.5 Å². The molecule has 4 atom stereocenters. The second-order valence-corrected chi connectivity index (χ2v) is 6.44. The summed E-state index contributed by atoms with van der Waals surface area (Å²) < 4.78 is 77.0. The monoisotopic (exact) mass is 416 g/mol. The lowest BCUT2D eigenvalue weighted by atomic mass is 10.0. The summed E-state index contributed by atoms with van der Waals surface area (Å²) in [6.45, 7) is -0.730. The zero-order chi connectivity index (χ0) is 21.3. The molecular formula is C16H18F6N2O4. The first-order valence-corrected chi connectivity index (χ1v) is 8.11. The molecule has 1 amide bonds. The SMILES string of the molecule is O=C(Cc1cc(C(F)(F)F)cc(C(F)(F)F)c1)NC[C@H]1N[C@H](CO)[C@H](O)[C@@H]1O. The molecular weight excluding hydrogens is 398 g/mol. The lowest BCUT2D eigenvalue weighted by Crippen LogP contribution is -2.44. The number of alkyl halides is 6. The van der Waals surface area contributed by atoms with Gasteiger partial charge in [0.05, 0.1) is 48.4 Å². The van der Waals surface area contributed by atoms with E-state index in [2.05, 4.69) is 10.6 Å². The van der Waals surface area contributed by atoms with Gasteiger partial charge < -0.3 is 26.0 Å². The van der Waals surface area contributed by atoms with Crippen LogP contribution in [0.4, 0.5) is 26.3 Å². The summed E-state index contributed by atoms with van der Waals surface area (Å²) in [7, 11) is 0. The van der Waals surface area contributed by atoms with Gasteiger partial charge in [0.15, 0.2) is 0 Å². The number of carbonyl (C=O) groups is 1. The molecule has 12 heteroatoms. The standard InChI is InChI=1S/C16H18F6N2O4/c17-15(18,19)8-1-7(2-9(4-8)16(20,21)22)3-12(26)23-5-10-13(27)14(28)11(6-25)24-10/h1-2,4,10-11,13-14,24-25,27-28H,3,5-6H2,(H,23,26)/t10-,11-,13-,14+/m1/s1. The van der Waals surface area contributed by atoms with Gasteiger partial charge in [-0.05, 0) is 23.8 Å². The largest absolute Gasteiger partial charge is 0.416 e. The van der Waals surface area contributed by atoms with Gasteiger partial charge in [-0.3, -0.25) is 4.79 Å². The zero-order valence-corrected chi connectivity index (χ0v) is 14.2. The molecule has 0 saturated carbocycles. The third kappa shape index (κ3) is 5.34. The van der Waals surface area contributed by atoms with E-state index in [1.807, 2.05) is 0 Å². The van der Waals surface area contributed by atoms with Crippen LogP contribution in [0.25, 0.3) is 0 Å². The molecule has 1 heterocycles. The Hall–Kier alpha value is -1.89. The summed E-state index contributed by atoms with van der Waals surface area (Å²) >= 11 is 0. The molecule has 6 nitrogen and oxygen atoms in total. The number of rotatable bonds is 5. The first-order chi connectivity index (χ1) is 12.8. The van der Waals surface area contributed by atoms with E-state index in [-0.39, 0.29) is 12.6 Å². The topological polar surface area (TPSA) is 102 Å². The molecule has 1 aromatic carbocycles. The van der Waals surface area contributed by atoms with Crippen molar-refractivity contribution in [3.63, 3.8) is 0 Å². The van der Waals surface area contributed by atoms with Gasteiger partial charge in [0, 0.05) is 6.54 Å². The summed E-state index contributed by atoms with van der Waals surface area (Å²) in [5, 5.41) is 33.4. The third-order valence-electron chi connectivity index (χ3n) is 4.33. The van der Waals surface area contributed by atoms with Crippen LogP contribution in [0.5, 0.6) is 0 Å². The summed E-state index contributed by atoms with van der Waals surface area (Å²) in [6, 6.07) is -0.777. The van der Waals surface area contributed by atoms with E-state index in [1.54, 1.807) is 0 Å². The lowest BCUT2D eigenvalue weighted by molar-refractivity contribution is -0.143. The van der Waals surface area contributed by atoms with Crippen LogP contribution in [0.15, 0.2) is 18.2 Å². The quantitative estimate of drug-likeness (QED) is 0.449. The Morgan fingerprint density at radius 2 is 1.46 bits per heavy atom. The minimum Gasteiger partial charge on any atom is -0.395 e. The van der Waals surface area contributed by atoms with Gasteiger partial charge >= 0.3 is 12.4 Å². The normalized spacial score (nSPS) is 25.8. The summed E-state index contributed by atoms with van der Waals surface area (Å²) in [5.41, 5.74) is -3.52. The van der Waals surface area contributed by atoms with E-state index in [9.17, 15) is 41.4 Å². The number of nitrogens with one attached hydrogen (secondary N) is 2. The van der Waals surface area contributed by atoms with Gasteiger partial charge in [-0.25, -0.2) is 0 Å². The maximum atomic E-state index is 12.8. The maximum Gasteiger partial charge on any atom is 0.416 e. The predicted octanol–water partition coefficient (Wildman–Crippen LogP) is 0.437. The summed E-state index contributed by atoms with van der Waals surface area (Å²) in [6.07, 6.45) is -13.4. The molecule has 1 aromatic rings. The molecule has 0 aromatic heterocycles. The highest BCUT2D eigenvalue weighted by Crippen LogP contribution is 2.36. The predicted molar refractivity (Wildman–Crippen MR) is 83.0 cm³/mol. The minimum atomic E-state index is -5.01. The van der Waals surface area contributed by atoms with Crippen molar-refractivity contribution in [1.29, 1.82) is 0 Å². The molecule has 1 aliphatic rings. The fraction of sp³-hybridized carbons (Fsp3) is 0.562. The molecule has 5 N–H and O–H groups in total. The second kappa shape index (κ2) is 8.23. The number of aliphatic hydroxyl groups excluding tert-OH is 3. The smallest absolute Gasteiger partial charge is 0.395 e. The number of hydrogen-bond donors (Lipinski definition) is 5. The van der Waals surface area contributed by atoms with Crippen LogP contribution in [-0.4, -0.2) is 58.7 Å². The number of amides is 1. The summed E-state index contributed by atoms with van der Waals surface area (Å²) in [5.74, 6) is -0.872. The first kappa shape index (κ1) is 22.4. The molecule has 0 unspecified atom stereocenters. The van der Waals surface area contributed by atoms with Gasteiger partial charge in [-0.2, -0.15) is 26.3 Å². The van der Waals surface area contributed by atoms with Crippen molar-refractivity contribution in [3.05, 3.63) is 34.9 Å². The zero-order valence-electron chi connectivity index (χ0n) is 14.2. The Morgan fingerprint density at radius 3 is 1.89 bits per heavy atom. The fourth-order valence-electron chi connectivity index (χ4n) is 2.88. The highest BCUT2D eigenvalue weighted by Gasteiger charge is 2.40. The number of halogens is 6. The van der Waals surface area contributed by atoms with E-state index in [0.717, 1.165) is 0 Å². The van der Waals surface area contributed by atoms with Crippen molar-refractivity contribution >= 4 is 5.91 Å². The Labute approximate surface area is 155 Å². The van der Waals surface area contributed by atoms with E-state index in [4.69, 9.17) is 5.11 Å².